The Hall–Kier alpha value is -1.10. The van der Waals surface area contributed by atoms with Gasteiger partial charge in [0.1, 0.15) is 0 Å². The summed E-state index contributed by atoms with van der Waals surface area (Å²) < 4.78 is 4.56. The van der Waals surface area contributed by atoms with E-state index < -0.39 is 0 Å². The van der Waals surface area contributed by atoms with Crippen LogP contribution in [0, 0.1) is 5.92 Å². The molecule has 0 aliphatic carbocycles. The summed E-state index contributed by atoms with van der Waals surface area (Å²) in [6.07, 6.45) is 4.04. The maximum atomic E-state index is 11.7. The number of hydrogen-bond donors (Lipinski definition) is 2. The molecule has 1 saturated heterocycles. The molecule has 1 heterocycles. The van der Waals surface area contributed by atoms with Crippen LogP contribution in [-0.2, 0) is 14.3 Å². The van der Waals surface area contributed by atoms with Crippen LogP contribution in [0.5, 0.6) is 0 Å². The minimum atomic E-state index is -0.291. The van der Waals surface area contributed by atoms with Crippen molar-refractivity contribution in [1.29, 1.82) is 0 Å². The molecule has 0 spiro atoms. The summed E-state index contributed by atoms with van der Waals surface area (Å²) in [7, 11) is 1.36. The number of methoxy groups -OCH3 is 1. The van der Waals surface area contributed by atoms with Crippen molar-refractivity contribution in [2.24, 2.45) is 5.92 Å². The molecule has 1 unspecified atom stereocenters. The van der Waals surface area contributed by atoms with Gasteiger partial charge in [-0.1, -0.05) is 0 Å². The average Bonchev–Trinajstić information content (AvgIpc) is 2.37. The predicted molar refractivity (Wildman–Crippen MR) is 69.1 cm³/mol. The largest absolute Gasteiger partial charge is 0.469 e. The highest BCUT2D eigenvalue weighted by molar-refractivity contribution is 5.77. The van der Waals surface area contributed by atoms with E-state index in [1.165, 1.54) is 7.11 Å². The van der Waals surface area contributed by atoms with E-state index in [4.69, 9.17) is 0 Å². The van der Waals surface area contributed by atoms with Crippen LogP contribution in [-0.4, -0.2) is 38.1 Å². The van der Waals surface area contributed by atoms with Gasteiger partial charge in [-0.05, 0) is 45.2 Å². The second kappa shape index (κ2) is 8.08. The second-order valence-corrected chi connectivity index (χ2v) is 4.98. The first-order valence-corrected chi connectivity index (χ1v) is 6.68. The lowest BCUT2D eigenvalue weighted by Crippen LogP contribution is -2.35. The number of rotatable bonds is 6. The fourth-order valence-corrected chi connectivity index (χ4v) is 2.24. The van der Waals surface area contributed by atoms with Gasteiger partial charge in [0.05, 0.1) is 13.5 Å². The number of esters is 1. The lowest BCUT2D eigenvalue weighted by molar-refractivity contribution is -0.141. The van der Waals surface area contributed by atoms with E-state index >= 15 is 0 Å². The molecular formula is C13H24N2O3. The smallest absolute Gasteiger partial charge is 0.307 e. The van der Waals surface area contributed by atoms with Crippen molar-refractivity contribution in [3.8, 4) is 0 Å². The van der Waals surface area contributed by atoms with Crippen molar-refractivity contribution in [2.75, 3.05) is 20.2 Å². The molecule has 1 aliphatic heterocycles. The third-order valence-corrected chi connectivity index (χ3v) is 3.35. The quantitative estimate of drug-likeness (QED) is 0.691. The van der Waals surface area contributed by atoms with Gasteiger partial charge in [-0.2, -0.15) is 0 Å². The number of amides is 1. The molecule has 1 aliphatic rings. The topological polar surface area (TPSA) is 67.4 Å². The minimum absolute atomic E-state index is 0.0323. The average molecular weight is 256 g/mol. The first kappa shape index (κ1) is 15.0. The number of nitrogens with one attached hydrogen (secondary N) is 2. The van der Waals surface area contributed by atoms with Crippen LogP contribution in [0.1, 0.15) is 39.0 Å². The molecule has 5 heteroatoms. The van der Waals surface area contributed by atoms with Crippen LogP contribution < -0.4 is 10.6 Å². The number of ether oxygens (including phenoxy) is 1. The van der Waals surface area contributed by atoms with Gasteiger partial charge in [0, 0.05) is 12.5 Å². The first-order chi connectivity index (χ1) is 8.61. The van der Waals surface area contributed by atoms with Crippen LogP contribution >= 0.6 is 0 Å². The predicted octanol–water partition coefficient (Wildman–Crippen LogP) is 0.834. The van der Waals surface area contributed by atoms with Crippen LogP contribution in [0.3, 0.4) is 0 Å². The summed E-state index contributed by atoms with van der Waals surface area (Å²) in [5.41, 5.74) is 0. The molecule has 0 aromatic carbocycles. The zero-order valence-electron chi connectivity index (χ0n) is 11.3. The van der Waals surface area contributed by atoms with Crippen molar-refractivity contribution in [3.63, 3.8) is 0 Å². The SMILES string of the molecule is COC(=O)CC(C)NC(=O)CCC1CCNCC1. The number of carbonyl (C=O) groups is 2. The van der Waals surface area contributed by atoms with Gasteiger partial charge < -0.3 is 15.4 Å². The highest BCUT2D eigenvalue weighted by Crippen LogP contribution is 2.17. The monoisotopic (exact) mass is 256 g/mol. The summed E-state index contributed by atoms with van der Waals surface area (Å²) in [4.78, 5) is 22.7. The van der Waals surface area contributed by atoms with Crippen molar-refractivity contribution in [1.82, 2.24) is 10.6 Å². The molecule has 1 fully saturated rings. The standard InChI is InChI=1S/C13H24N2O3/c1-10(9-13(17)18-2)15-12(16)4-3-11-5-7-14-8-6-11/h10-11,14H,3-9H2,1-2H3,(H,15,16). The summed E-state index contributed by atoms with van der Waals surface area (Å²) in [5.74, 6) is 0.402. The molecule has 0 saturated carbocycles. The number of hydrogen-bond acceptors (Lipinski definition) is 4. The third kappa shape index (κ3) is 6.00. The van der Waals surface area contributed by atoms with E-state index in [1.807, 2.05) is 6.92 Å². The first-order valence-electron chi connectivity index (χ1n) is 6.68. The minimum Gasteiger partial charge on any atom is -0.469 e. The molecule has 0 aromatic rings. The fourth-order valence-electron chi connectivity index (χ4n) is 2.24. The van der Waals surface area contributed by atoms with E-state index in [0.29, 0.717) is 12.3 Å². The van der Waals surface area contributed by atoms with Gasteiger partial charge >= 0.3 is 5.97 Å². The van der Waals surface area contributed by atoms with Gasteiger partial charge in [-0.3, -0.25) is 9.59 Å². The number of piperidine rings is 1. The maximum absolute atomic E-state index is 11.7. The molecular weight excluding hydrogens is 232 g/mol. The van der Waals surface area contributed by atoms with Crippen LogP contribution in [0.15, 0.2) is 0 Å². The number of carbonyl (C=O) groups excluding carboxylic acids is 2. The molecule has 104 valence electrons. The highest BCUT2D eigenvalue weighted by Gasteiger charge is 2.16. The van der Waals surface area contributed by atoms with Crippen molar-refractivity contribution in [2.45, 2.75) is 45.1 Å². The zero-order chi connectivity index (χ0) is 13.4. The molecule has 0 aromatic heterocycles. The van der Waals surface area contributed by atoms with Crippen molar-refractivity contribution < 1.29 is 14.3 Å². The van der Waals surface area contributed by atoms with E-state index in [9.17, 15) is 9.59 Å². The third-order valence-electron chi connectivity index (χ3n) is 3.35. The van der Waals surface area contributed by atoms with Gasteiger partial charge in [0.2, 0.25) is 5.91 Å². The van der Waals surface area contributed by atoms with Gasteiger partial charge in [-0.25, -0.2) is 0 Å². The summed E-state index contributed by atoms with van der Waals surface area (Å²) in [6, 6.07) is -0.155. The molecule has 2 N–H and O–H groups in total. The Morgan fingerprint density at radius 3 is 2.67 bits per heavy atom. The fraction of sp³-hybridized carbons (Fsp3) is 0.846. The Labute approximate surface area is 109 Å². The lowest BCUT2D eigenvalue weighted by Gasteiger charge is -2.22. The summed E-state index contributed by atoms with van der Waals surface area (Å²) >= 11 is 0. The molecule has 18 heavy (non-hydrogen) atoms. The molecule has 5 nitrogen and oxygen atoms in total. The van der Waals surface area contributed by atoms with Gasteiger partial charge in [-0.15, -0.1) is 0 Å². The van der Waals surface area contributed by atoms with E-state index in [1.54, 1.807) is 0 Å². The van der Waals surface area contributed by atoms with Crippen LogP contribution in [0.4, 0.5) is 0 Å². The molecule has 1 amide bonds. The van der Waals surface area contributed by atoms with Crippen molar-refractivity contribution >= 4 is 11.9 Å². The Morgan fingerprint density at radius 1 is 1.39 bits per heavy atom. The zero-order valence-corrected chi connectivity index (χ0v) is 11.3. The van der Waals surface area contributed by atoms with E-state index in [2.05, 4.69) is 15.4 Å². The van der Waals surface area contributed by atoms with Crippen LogP contribution in [0.25, 0.3) is 0 Å². The second-order valence-electron chi connectivity index (χ2n) is 4.98. The Bertz CT molecular complexity index is 275. The Morgan fingerprint density at radius 2 is 2.06 bits per heavy atom. The lowest BCUT2D eigenvalue weighted by atomic mass is 9.93. The van der Waals surface area contributed by atoms with Crippen molar-refractivity contribution in [3.05, 3.63) is 0 Å². The maximum Gasteiger partial charge on any atom is 0.307 e. The summed E-state index contributed by atoms with van der Waals surface area (Å²) in [5, 5.41) is 6.14. The molecule has 1 atom stereocenters. The molecule has 1 rings (SSSR count). The normalized spacial score (nSPS) is 18.1. The Kier molecular flexibility index (Phi) is 6.72. The van der Waals surface area contributed by atoms with E-state index in [-0.39, 0.29) is 24.3 Å². The molecule has 0 bridgehead atoms. The van der Waals surface area contributed by atoms with Gasteiger partial charge in [0.25, 0.3) is 0 Å². The highest BCUT2D eigenvalue weighted by atomic mass is 16.5. The van der Waals surface area contributed by atoms with Crippen LogP contribution in [0.2, 0.25) is 0 Å². The molecule has 0 radical (unpaired) electrons. The Balaban J connectivity index is 2.14. The summed E-state index contributed by atoms with van der Waals surface area (Å²) in [6.45, 7) is 3.94. The van der Waals surface area contributed by atoms with Gasteiger partial charge in [0.15, 0.2) is 0 Å². The van der Waals surface area contributed by atoms with E-state index in [0.717, 1.165) is 32.4 Å².